The summed E-state index contributed by atoms with van der Waals surface area (Å²) in [5.74, 6) is 0.669. The third-order valence-electron chi connectivity index (χ3n) is 7.18. The van der Waals surface area contributed by atoms with E-state index in [1.54, 1.807) is 28.6 Å². The maximum atomic E-state index is 13.3. The van der Waals surface area contributed by atoms with Gasteiger partial charge in [-0.3, -0.25) is 10.1 Å². The van der Waals surface area contributed by atoms with Crippen molar-refractivity contribution in [2.45, 2.75) is 43.0 Å². The fourth-order valence-corrected chi connectivity index (χ4v) is 6.84. The molecule has 168 valence electrons. The highest BCUT2D eigenvalue weighted by Crippen LogP contribution is 2.51. The number of nitro benzene ring substituents is 1. The highest BCUT2D eigenvalue weighted by atomic mass is 32.2. The monoisotopic (exact) mass is 453 g/mol. The summed E-state index contributed by atoms with van der Waals surface area (Å²) in [6, 6.07) is 11.9. The Labute approximate surface area is 188 Å². The van der Waals surface area contributed by atoms with Gasteiger partial charge in [-0.15, -0.1) is 0 Å². The van der Waals surface area contributed by atoms with Crippen molar-refractivity contribution in [2.24, 2.45) is 11.8 Å². The van der Waals surface area contributed by atoms with Gasteiger partial charge in [0.25, 0.3) is 5.69 Å². The van der Waals surface area contributed by atoms with Crippen LogP contribution in [0.5, 0.6) is 0 Å². The average Bonchev–Trinajstić information content (AvgIpc) is 3.29. The number of piperidine rings is 1. The first kappa shape index (κ1) is 21.2. The first-order valence-corrected chi connectivity index (χ1v) is 12.6. The summed E-state index contributed by atoms with van der Waals surface area (Å²) in [5, 5.41) is 15.1. The Hall–Kier alpha value is -2.71. The fraction of sp³-hybridized carbons (Fsp3) is 0.417. The molecule has 3 unspecified atom stereocenters. The molecule has 8 heteroatoms. The molecule has 1 N–H and O–H groups in total. The molecule has 2 heterocycles. The van der Waals surface area contributed by atoms with Gasteiger partial charge in [-0.1, -0.05) is 37.3 Å². The second-order valence-electron chi connectivity index (χ2n) is 9.13. The summed E-state index contributed by atoms with van der Waals surface area (Å²) in [6.07, 6.45) is 6.77. The first-order valence-electron chi connectivity index (χ1n) is 11.2. The number of nitro groups is 1. The lowest BCUT2D eigenvalue weighted by Crippen LogP contribution is -2.38. The van der Waals surface area contributed by atoms with Crippen LogP contribution in [0, 0.1) is 22.0 Å². The molecule has 3 aliphatic rings. The number of sulfonamides is 1. The number of nitrogens with zero attached hydrogens (tertiary/aromatic N) is 2. The van der Waals surface area contributed by atoms with Crippen LogP contribution in [0.4, 0.5) is 11.4 Å². The zero-order chi connectivity index (χ0) is 22.5. The number of hydrogen-bond acceptors (Lipinski definition) is 5. The molecule has 2 aromatic carbocycles. The van der Waals surface area contributed by atoms with Crippen LogP contribution in [0.25, 0.3) is 0 Å². The molecular formula is C24H27N3O4S. The van der Waals surface area contributed by atoms with Gasteiger partial charge in [0, 0.05) is 30.8 Å². The molecule has 2 aliphatic heterocycles. The zero-order valence-corrected chi connectivity index (χ0v) is 18.8. The maximum absolute atomic E-state index is 13.3. The van der Waals surface area contributed by atoms with Crippen molar-refractivity contribution in [3.63, 3.8) is 0 Å². The lowest BCUT2D eigenvalue weighted by atomic mass is 9.76. The number of rotatable bonds is 4. The lowest BCUT2D eigenvalue weighted by molar-refractivity contribution is -0.385. The van der Waals surface area contributed by atoms with Crippen LogP contribution in [-0.2, 0) is 10.0 Å². The molecule has 3 atom stereocenters. The summed E-state index contributed by atoms with van der Waals surface area (Å²) >= 11 is 0. The van der Waals surface area contributed by atoms with Crippen molar-refractivity contribution < 1.29 is 13.3 Å². The molecule has 1 saturated heterocycles. The fourth-order valence-electron chi connectivity index (χ4n) is 5.33. The predicted octanol–water partition coefficient (Wildman–Crippen LogP) is 4.84. The molecule has 1 aliphatic carbocycles. The third kappa shape index (κ3) is 3.51. The molecule has 1 fully saturated rings. The van der Waals surface area contributed by atoms with E-state index in [1.165, 1.54) is 0 Å². The second-order valence-corrected chi connectivity index (χ2v) is 11.1. The van der Waals surface area contributed by atoms with Gasteiger partial charge in [0.2, 0.25) is 10.0 Å². The Morgan fingerprint density at radius 1 is 1.09 bits per heavy atom. The van der Waals surface area contributed by atoms with Gasteiger partial charge in [-0.25, -0.2) is 8.42 Å². The standard InChI is InChI=1S/C24H27N3O4S/c1-16-11-13-26(14-12-16)32(30,31)17-9-10-22-21(15-17)18-6-4-7-19(18)24(25-22)20-5-2-3-8-23(20)27(28)29/h2-6,8-10,15-16,18-19,24-25H,7,11-14H2,1H3. The van der Waals surface area contributed by atoms with Crippen molar-refractivity contribution in [1.29, 1.82) is 0 Å². The van der Waals surface area contributed by atoms with Crippen LogP contribution in [-0.4, -0.2) is 30.7 Å². The van der Waals surface area contributed by atoms with Crippen molar-refractivity contribution in [2.75, 3.05) is 18.4 Å². The normalized spacial score (nSPS) is 25.7. The van der Waals surface area contributed by atoms with Gasteiger partial charge in [0.1, 0.15) is 0 Å². The largest absolute Gasteiger partial charge is 0.377 e. The average molecular weight is 454 g/mol. The van der Waals surface area contributed by atoms with Crippen molar-refractivity contribution in [3.05, 3.63) is 75.9 Å². The van der Waals surface area contributed by atoms with Crippen molar-refractivity contribution in [3.8, 4) is 0 Å². The number of allylic oxidation sites excluding steroid dienone is 2. The van der Waals surface area contributed by atoms with Gasteiger partial charge in [0.15, 0.2) is 0 Å². The Kier molecular flexibility index (Phi) is 5.29. The van der Waals surface area contributed by atoms with E-state index in [1.807, 2.05) is 18.2 Å². The van der Waals surface area contributed by atoms with E-state index < -0.39 is 10.0 Å². The second kappa shape index (κ2) is 8.01. The summed E-state index contributed by atoms with van der Waals surface area (Å²) < 4.78 is 28.2. The summed E-state index contributed by atoms with van der Waals surface area (Å²) in [4.78, 5) is 11.6. The third-order valence-corrected chi connectivity index (χ3v) is 9.08. The van der Waals surface area contributed by atoms with E-state index in [9.17, 15) is 18.5 Å². The lowest BCUT2D eigenvalue weighted by Gasteiger charge is -2.37. The minimum absolute atomic E-state index is 0.0209. The number of benzene rings is 2. The molecule has 0 amide bonds. The highest BCUT2D eigenvalue weighted by molar-refractivity contribution is 7.89. The molecule has 32 heavy (non-hydrogen) atoms. The SMILES string of the molecule is CC1CCN(S(=O)(=O)c2ccc3c(c2)C2C=CCC2C(c2ccccc2[N+](=O)[O-])N3)CC1. The highest BCUT2D eigenvalue weighted by Gasteiger charge is 2.41. The van der Waals surface area contributed by atoms with E-state index in [4.69, 9.17) is 0 Å². The first-order chi connectivity index (χ1) is 15.4. The predicted molar refractivity (Wildman–Crippen MR) is 123 cm³/mol. The topological polar surface area (TPSA) is 92.5 Å². The van der Waals surface area contributed by atoms with Gasteiger partial charge < -0.3 is 5.32 Å². The minimum Gasteiger partial charge on any atom is -0.377 e. The number of para-hydroxylation sites is 1. The van der Waals surface area contributed by atoms with Crippen LogP contribution < -0.4 is 5.32 Å². The van der Waals surface area contributed by atoms with Crippen LogP contribution in [0.15, 0.2) is 59.5 Å². The van der Waals surface area contributed by atoms with Crippen molar-refractivity contribution >= 4 is 21.4 Å². The van der Waals surface area contributed by atoms with Crippen molar-refractivity contribution in [1.82, 2.24) is 4.31 Å². The van der Waals surface area contributed by atoms with Crippen LogP contribution in [0.2, 0.25) is 0 Å². The number of fused-ring (bicyclic) bond motifs is 3. The molecule has 0 bridgehead atoms. The Morgan fingerprint density at radius 2 is 1.84 bits per heavy atom. The number of nitrogens with one attached hydrogen (secondary N) is 1. The van der Waals surface area contributed by atoms with E-state index >= 15 is 0 Å². The van der Waals surface area contributed by atoms with Gasteiger partial charge in [-0.05, 0) is 54.9 Å². The molecular weight excluding hydrogens is 426 g/mol. The molecule has 0 saturated carbocycles. The van der Waals surface area contributed by atoms with E-state index in [-0.39, 0.29) is 28.5 Å². The molecule has 0 spiro atoms. The van der Waals surface area contributed by atoms with E-state index in [0.29, 0.717) is 29.5 Å². The van der Waals surface area contributed by atoms with Crippen LogP contribution in [0.3, 0.4) is 0 Å². The van der Waals surface area contributed by atoms with Crippen LogP contribution >= 0.6 is 0 Å². The Bertz CT molecular complexity index is 1190. The van der Waals surface area contributed by atoms with E-state index in [2.05, 4.69) is 24.4 Å². The van der Waals surface area contributed by atoms with E-state index in [0.717, 1.165) is 30.5 Å². The molecule has 7 nitrogen and oxygen atoms in total. The summed E-state index contributed by atoms with van der Waals surface area (Å²) in [6.45, 7) is 3.28. The number of anilines is 1. The quantitative estimate of drug-likeness (QED) is 0.406. The Balaban J connectivity index is 1.51. The molecule has 2 aromatic rings. The molecule has 0 radical (unpaired) electrons. The van der Waals surface area contributed by atoms with Gasteiger partial charge in [-0.2, -0.15) is 4.31 Å². The zero-order valence-electron chi connectivity index (χ0n) is 18.0. The smallest absolute Gasteiger partial charge is 0.274 e. The number of hydrogen-bond donors (Lipinski definition) is 1. The van der Waals surface area contributed by atoms with Gasteiger partial charge >= 0.3 is 0 Å². The van der Waals surface area contributed by atoms with Crippen LogP contribution in [0.1, 0.15) is 49.3 Å². The maximum Gasteiger partial charge on any atom is 0.274 e. The van der Waals surface area contributed by atoms with Gasteiger partial charge in [0.05, 0.1) is 21.4 Å². The summed E-state index contributed by atoms with van der Waals surface area (Å²) in [5.41, 5.74) is 2.57. The summed E-state index contributed by atoms with van der Waals surface area (Å²) in [7, 11) is -3.54. The molecule has 0 aromatic heterocycles. The Morgan fingerprint density at radius 3 is 2.59 bits per heavy atom. The minimum atomic E-state index is -3.54. The molecule has 5 rings (SSSR count).